The molecule has 2 aromatic carbocycles. The van der Waals surface area contributed by atoms with E-state index in [1.807, 2.05) is 18.2 Å². The summed E-state index contributed by atoms with van der Waals surface area (Å²) in [4.78, 5) is 5.65. The van der Waals surface area contributed by atoms with Crippen LogP contribution in [-0.4, -0.2) is 34.0 Å². The van der Waals surface area contributed by atoms with Gasteiger partial charge in [-0.05, 0) is 36.6 Å². The molecule has 0 bridgehead atoms. The number of H-pyrrole nitrogens is 1. The quantitative estimate of drug-likeness (QED) is 0.409. The Kier molecular flexibility index (Phi) is 5.28. The largest absolute Gasteiger partial charge is 0.595 e. The summed E-state index contributed by atoms with van der Waals surface area (Å²) < 4.78 is 5.25. The number of hydrogen-bond donors (Lipinski definition) is 5. The van der Waals surface area contributed by atoms with Crippen molar-refractivity contribution in [3.63, 3.8) is 0 Å². The van der Waals surface area contributed by atoms with Crippen molar-refractivity contribution in [3.05, 3.63) is 63.6 Å². The Labute approximate surface area is 167 Å². The Bertz CT molecular complexity index is 1020. The maximum atomic E-state index is 11.8. The Morgan fingerprint density at radius 2 is 1.86 bits per heavy atom. The van der Waals surface area contributed by atoms with E-state index in [1.54, 1.807) is 18.2 Å². The van der Waals surface area contributed by atoms with E-state index in [0.29, 0.717) is 17.8 Å². The van der Waals surface area contributed by atoms with Gasteiger partial charge in [0.2, 0.25) is 5.69 Å². The van der Waals surface area contributed by atoms with Crippen molar-refractivity contribution >= 4 is 22.3 Å². The lowest BCUT2D eigenvalue weighted by atomic mass is 9.97. The first kappa shape index (κ1) is 19.8. The van der Waals surface area contributed by atoms with E-state index in [4.69, 9.17) is 9.94 Å². The molecule has 0 saturated carbocycles. The van der Waals surface area contributed by atoms with Crippen molar-refractivity contribution in [1.29, 1.82) is 0 Å². The molecule has 0 fully saturated rings. The molecule has 5 N–H and O–H groups in total. The van der Waals surface area contributed by atoms with Crippen LogP contribution in [0.15, 0.2) is 36.4 Å². The third kappa shape index (κ3) is 3.49. The number of nitrogens with zero attached hydrogens (tertiary/aromatic N) is 1. The SMILES string of the molecule is COc1ccc2c3c([nH]c2c1[NH+]([O-])O)C(C)N(Cc1ccc([NH+]([O-])O)cc1)CC3. The van der Waals surface area contributed by atoms with Crippen LogP contribution in [0.1, 0.15) is 29.8 Å². The van der Waals surface area contributed by atoms with E-state index < -0.39 is 10.5 Å². The van der Waals surface area contributed by atoms with E-state index in [2.05, 4.69) is 16.8 Å². The van der Waals surface area contributed by atoms with Crippen LogP contribution in [0.2, 0.25) is 0 Å². The van der Waals surface area contributed by atoms with E-state index in [-0.39, 0.29) is 17.4 Å². The highest BCUT2D eigenvalue weighted by molar-refractivity contribution is 5.94. The fourth-order valence-corrected chi connectivity index (χ4v) is 4.16. The summed E-state index contributed by atoms with van der Waals surface area (Å²) in [6.07, 6.45) is 0.804. The Hall–Kier alpha value is -2.50. The molecule has 3 unspecified atom stereocenters. The molecule has 9 nitrogen and oxygen atoms in total. The number of hydrogen-bond acceptors (Lipinski definition) is 6. The number of aromatic amines is 1. The zero-order valence-electron chi connectivity index (χ0n) is 16.2. The number of ether oxygens (including phenoxy) is 1. The molecule has 0 saturated heterocycles. The molecule has 9 heteroatoms. The molecule has 1 aromatic heterocycles. The molecule has 3 aromatic rings. The Morgan fingerprint density at radius 1 is 1.14 bits per heavy atom. The van der Waals surface area contributed by atoms with Gasteiger partial charge in [-0.25, -0.2) is 10.4 Å². The number of methoxy groups -OCH3 is 1. The van der Waals surface area contributed by atoms with Crippen LogP contribution in [0, 0.1) is 10.4 Å². The van der Waals surface area contributed by atoms with Gasteiger partial charge in [0.05, 0.1) is 7.11 Å². The van der Waals surface area contributed by atoms with Crippen molar-refractivity contribution < 1.29 is 25.6 Å². The van der Waals surface area contributed by atoms with Crippen molar-refractivity contribution in [1.82, 2.24) is 9.88 Å². The predicted octanol–water partition coefficient (Wildman–Crippen LogP) is 1.10. The van der Waals surface area contributed by atoms with Gasteiger partial charge in [-0.3, -0.25) is 4.90 Å². The molecule has 1 aliphatic heterocycles. The van der Waals surface area contributed by atoms with Crippen LogP contribution >= 0.6 is 0 Å². The topological polar surface area (TPSA) is 124 Å². The summed E-state index contributed by atoms with van der Waals surface area (Å²) in [7, 11) is 1.47. The Balaban J connectivity index is 1.65. The summed E-state index contributed by atoms with van der Waals surface area (Å²) in [5.41, 5.74) is 4.23. The number of benzene rings is 2. The van der Waals surface area contributed by atoms with Crippen LogP contribution in [-0.2, 0) is 13.0 Å². The van der Waals surface area contributed by atoms with Crippen LogP contribution < -0.4 is 15.2 Å². The standard InChI is InChI=1S/C20H24N4O5/c1-12-18-16(15-7-8-17(29-2)20(24(27)28)19(15)21-18)9-10-22(12)11-13-3-5-14(6-4-13)23(25)26/h3-8,12,21,23-25,27H,9-11H2,1-2H3. The van der Waals surface area contributed by atoms with E-state index in [1.165, 1.54) is 7.11 Å². The smallest absolute Gasteiger partial charge is 0.230 e. The molecule has 2 heterocycles. The zero-order valence-corrected chi connectivity index (χ0v) is 16.2. The lowest BCUT2D eigenvalue weighted by Gasteiger charge is -2.33. The molecule has 1 aliphatic rings. The van der Waals surface area contributed by atoms with Gasteiger partial charge in [-0.15, -0.1) is 0 Å². The number of rotatable bonds is 5. The summed E-state index contributed by atoms with van der Waals surface area (Å²) in [6.45, 7) is 3.61. The Morgan fingerprint density at radius 3 is 2.48 bits per heavy atom. The zero-order chi connectivity index (χ0) is 20.7. The van der Waals surface area contributed by atoms with Gasteiger partial charge in [-0.2, -0.15) is 10.5 Å². The van der Waals surface area contributed by atoms with Crippen molar-refractivity contribution in [2.45, 2.75) is 25.9 Å². The molecule has 0 spiro atoms. The summed E-state index contributed by atoms with van der Waals surface area (Å²) >= 11 is 0. The second-order valence-electron chi connectivity index (χ2n) is 7.29. The highest BCUT2D eigenvalue weighted by atomic mass is 16.8. The van der Waals surface area contributed by atoms with Gasteiger partial charge >= 0.3 is 0 Å². The summed E-state index contributed by atoms with van der Waals surface area (Å²) in [5, 5.41) is 40.6. The minimum Gasteiger partial charge on any atom is -0.595 e. The molecule has 0 radical (unpaired) electrons. The fraction of sp³-hybridized carbons (Fsp3) is 0.300. The molecular formula is C20H24N4O5. The molecule has 4 rings (SSSR count). The fourth-order valence-electron chi connectivity index (χ4n) is 4.16. The maximum Gasteiger partial charge on any atom is 0.230 e. The average molecular weight is 400 g/mol. The first-order valence-electron chi connectivity index (χ1n) is 9.41. The third-order valence-corrected chi connectivity index (χ3v) is 5.71. The lowest BCUT2D eigenvalue weighted by molar-refractivity contribution is -0.991. The van der Waals surface area contributed by atoms with Gasteiger partial charge in [0, 0.05) is 42.3 Å². The van der Waals surface area contributed by atoms with Gasteiger partial charge in [0.1, 0.15) is 5.52 Å². The minimum atomic E-state index is -1.02. The van der Waals surface area contributed by atoms with E-state index >= 15 is 0 Å². The minimum absolute atomic E-state index is 0.0675. The van der Waals surface area contributed by atoms with Gasteiger partial charge in [-0.1, -0.05) is 12.1 Å². The molecule has 3 atom stereocenters. The monoisotopic (exact) mass is 400 g/mol. The van der Waals surface area contributed by atoms with Crippen LogP contribution in [0.5, 0.6) is 5.75 Å². The summed E-state index contributed by atoms with van der Waals surface area (Å²) in [6, 6.07) is 10.6. The van der Waals surface area contributed by atoms with Gasteiger partial charge in [0.25, 0.3) is 0 Å². The lowest BCUT2D eigenvalue weighted by Crippen LogP contribution is -2.99. The van der Waals surface area contributed by atoms with Crippen molar-refractivity contribution in [3.8, 4) is 5.75 Å². The maximum absolute atomic E-state index is 11.8. The normalized spacial score (nSPS) is 19.2. The predicted molar refractivity (Wildman–Crippen MR) is 105 cm³/mol. The first-order valence-corrected chi connectivity index (χ1v) is 9.41. The molecular weight excluding hydrogens is 376 g/mol. The van der Waals surface area contributed by atoms with Gasteiger partial charge in [0.15, 0.2) is 11.4 Å². The molecule has 154 valence electrons. The van der Waals surface area contributed by atoms with E-state index in [0.717, 1.165) is 35.2 Å². The molecule has 0 aliphatic carbocycles. The second-order valence-corrected chi connectivity index (χ2v) is 7.29. The van der Waals surface area contributed by atoms with Crippen LogP contribution in [0.3, 0.4) is 0 Å². The van der Waals surface area contributed by atoms with Gasteiger partial charge < -0.3 is 20.1 Å². The number of aromatic nitrogens is 1. The molecule has 0 amide bonds. The first-order chi connectivity index (χ1) is 13.9. The van der Waals surface area contributed by atoms with Crippen molar-refractivity contribution in [2.75, 3.05) is 13.7 Å². The highest BCUT2D eigenvalue weighted by Crippen LogP contribution is 2.39. The van der Waals surface area contributed by atoms with E-state index in [9.17, 15) is 15.6 Å². The highest BCUT2D eigenvalue weighted by Gasteiger charge is 2.30. The third-order valence-electron chi connectivity index (χ3n) is 5.71. The number of quaternary nitrogens is 2. The average Bonchev–Trinajstić information content (AvgIpc) is 3.08. The van der Waals surface area contributed by atoms with Crippen molar-refractivity contribution in [2.24, 2.45) is 0 Å². The molecule has 29 heavy (non-hydrogen) atoms. The second kappa shape index (κ2) is 7.73. The number of nitrogens with one attached hydrogen (secondary N) is 3. The number of fused-ring (bicyclic) bond motifs is 3. The summed E-state index contributed by atoms with van der Waals surface area (Å²) in [5.74, 6) is 0.339. The van der Waals surface area contributed by atoms with Crippen LogP contribution in [0.25, 0.3) is 10.9 Å². The van der Waals surface area contributed by atoms with Crippen LogP contribution in [0.4, 0.5) is 11.4 Å².